The Morgan fingerprint density at radius 2 is 2.05 bits per heavy atom. The first-order valence-corrected chi connectivity index (χ1v) is 6.09. The van der Waals surface area contributed by atoms with Gasteiger partial charge in [-0.15, -0.1) is 0 Å². The molecule has 0 unspecified atom stereocenters. The van der Waals surface area contributed by atoms with Gasteiger partial charge in [0.1, 0.15) is 11.5 Å². The molecule has 0 aliphatic carbocycles. The highest BCUT2D eigenvalue weighted by atomic mass is 16.5. The molecule has 2 heterocycles. The summed E-state index contributed by atoms with van der Waals surface area (Å²) in [7, 11) is 1.50. The highest BCUT2D eigenvalue weighted by Gasteiger charge is 2.15. The third kappa shape index (κ3) is 2.72. The van der Waals surface area contributed by atoms with Gasteiger partial charge in [0.2, 0.25) is 0 Å². The van der Waals surface area contributed by atoms with Crippen molar-refractivity contribution in [2.75, 3.05) is 7.05 Å². The number of nitrogens with zero attached hydrogens (tertiary/aromatic N) is 2. The van der Waals surface area contributed by atoms with Crippen LogP contribution in [0.5, 0.6) is 11.5 Å². The molecule has 0 fully saturated rings. The summed E-state index contributed by atoms with van der Waals surface area (Å²) in [6, 6.07) is 11.5. The average molecular weight is 253 g/mol. The van der Waals surface area contributed by atoms with Crippen LogP contribution in [0.25, 0.3) is 0 Å². The first-order valence-electron chi connectivity index (χ1n) is 6.09. The van der Waals surface area contributed by atoms with Gasteiger partial charge in [0.05, 0.1) is 17.3 Å². The number of nitrogens with two attached hydrogens (primary N) is 1. The zero-order chi connectivity index (χ0) is 13.7. The smallest absolute Gasteiger partial charge is 0.148 e. The Balaban J connectivity index is 0.000000637. The lowest BCUT2D eigenvalue weighted by molar-refractivity contribution is 0.476. The molecule has 4 nitrogen and oxygen atoms in total. The van der Waals surface area contributed by atoms with E-state index in [1.54, 1.807) is 12.3 Å². The maximum absolute atomic E-state index is 8.88. The minimum atomic E-state index is 0.672. The fraction of sp³-hybridized carbons (Fsp3) is 0.200. The van der Waals surface area contributed by atoms with Crippen LogP contribution in [0.3, 0.4) is 0 Å². The SMILES string of the molecule is CN.N#Cc1ccc2c(c1)CCc1ncccc1O2. The molecular weight excluding hydrogens is 238 g/mol. The second-order valence-electron chi connectivity index (χ2n) is 3.98. The van der Waals surface area contributed by atoms with E-state index in [0.29, 0.717) is 5.56 Å². The summed E-state index contributed by atoms with van der Waals surface area (Å²) in [5.41, 5.74) is 7.22. The zero-order valence-corrected chi connectivity index (χ0v) is 10.8. The molecule has 0 saturated carbocycles. The third-order valence-electron chi connectivity index (χ3n) is 2.89. The molecule has 1 aliphatic heterocycles. The molecule has 0 bridgehead atoms. The minimum Gasteiger partial charge on any atom is -0.455 e. The van der Waals surface area contributed by atoms with Gasteiger partial charge in [-0.2, -0.15) is 5.26 Å². The summed E-state index contributed by atoms with van der Waals surface area (Å²) in [6.45, 7) is 0. The molecule has 4 heteroatoms. The molecular formula is C15H15N3O. The van der Waals surface area contributed by atoms with E-state index in [0.717, 1.165) is 35.6 Å². The van der Waals surface area contributed by atoms with E-state index in [1.807, 2.05) is 24.3 Å². The topological polar surface area (TPSA) is 71.9 Å². The highest BCUT2D eigenvalue weighted by molar-refractivity contribution is 5.46. The van der Waals surface area contributed by atoms with Crippen LogP contribution in [0, 0.1) is 11.3 Å². The van der Waals surface area contributed by atoms with Crippen LogP contribution >= 0.6 is 0 Å². The van der Waals surface area contributed by atoms with Gasteiger partial charge < -0.3 is 10.5 Å². The van der Waals surface area contributed by atoms with Crippen LogP contribution in [-0.4, -0.2) is 12.0 Å². The van der Waals surface area contributed by atoms with E-state index in [9.17, 15) is 0 Å². The molecule has 0 atom stereocenters. The Bertz CT molecular complexity index is 617. The molecule has 1 aromatic heterocycles. The fourth-order valence-electron chi connectivity index (χ4n) is 2.02. The lowest BCUT2D eigenvalue weighted by atomic mass is 10.1. The van der Waals surface area contributed by atoms with E-state index >= 15 is 0 Å². The second kappa shape index (κ2) is 5.98. The standard InChI is InChI=1S/C14H10N2O.CH5N/c15-9-10-3-6-13-11(8-10)4-5-12-14(17-13)2-1-7-16-12;1-2/h1-3,6-8H,4-5H2;2H2,1H3. The Morgan fingerprint density at radius 3 is 2.84 bits per heavy atom. The van der Waals surface area contributed by atoms with Gasteiger partial charge in [-0.05, 0) is 55.8 Å². The molecule has 19 heavy (non-hydrogen) atoms. The van der Waals surface area contributed by atoms with Gasteiger partial charge in [-0.3, -0.25) is 4.98 Å². The molecule has 0 saturated heterocycles. The van der Waals surface area contributed by atoms with Crippen molar-refractivity contribution in [1.29, 1.82) is 5.26 Å². The molecule has 2 N–H and O–H groups in total. The van der Waals surface area contributed by atoms with Crippen LogP contribution in [0.1, 0.15) is 16.8 Å². The second-order valence-corrected chi connectivity index (χ2v) is 3.98. The van der Waals surface area contributed by atoms with E-state index in [-0.39, 0.29) is 0 Å². The van der Waals surface area contributed by atoms with Gasteiger partial charge in [0.25, 0.3) is 0 Å². The van der Waals surface area contributed by atoms with Crippen molar-refractivity contribution in [3.63, 3.8) is 0 Å². The monoisotopic (exact) mass is 253 g/mol. The lowest BCUT2D eigenvalue weighted by Crippen LogP contribution is -1.91. The van der Waals surface area contributed by atoms with Crippen LogP contribution in [0.4, 0.5) is 0 Å². The predicted molar refractivity (Wildman–Crippen MR) is 73.0 cm³/mol. The molecule has 96 valence electrons. The predicted octanol–water partition coefficient (Wildman–Crippen LogP) is 2.42. The van der Waals surface area contributed by atoms with E-state index in [1.165, 1.54) is 7.05 Å². The van der Waals surface area contributed by atoms with Crippen molar-refractivity contribution in [2.45, 2.75) is 12.8 Å². The van der Waals surface area contributed by atoms with Crippen LogP contribution in [-0.2, 0) is 12.8 Å². The van der Waals surface area contributed by atoms with E-state index in [4.69, 9.17) is 10.00 Å². The van der Waals surface area contributed by atoms with Gasteiger partial charge in [-0.1, -0.05) is 0 Å². The third-order valence-corrected chi connectivity index (χ3v) is 2.89. The van der Waals surface area contributed by atoms with Gasteiger partial charge >= 0.3 is 0 Å². The Morgan fingerprint density at radius 1 is 1.21 bits per heavy atom. The molecule has 3 rings (SSSR count). The number of pyridine rings is 1. The number of hydrogen-bond donors (Lipinski definition) is 1. The Hall–Kier alpha value is -2.38. The van der Waals surface area contributed by atoms with Crippen molar-refractivity contribution in [3.05, 3.63) is 53.3 Å². The number of nitriles is 1. The van der Waals surface area contributed by atoms with Gasteiger partial charge in [0.15, 0.2) is 0 Å². The lowest BCUT2D eigenvalue weighted by Gasteiger charge is -2.07. The normalized spacial score (nSPS) is 11.6. The Labute approximate surface area is 112 Å². The summed E-state index contributed by atoms with van der Waals surface area (Å²) in [4.78, 5) is 4.31. The van der Waals surface area contributed by atoms with Crippen LogP contribution in [0.15, 0.2) is 36.5 Å². The van der Waals surface area contributed by atoms with Crippen LogP contribution < -0.4 is 10.5 Å². The summed E-state index contributed by atoms with van der Waals surface area (Å²) < 4.78 is 5.83. The number of fused-ring (bicyclic) bond motifs is 2. The van der Waals surface area contributed by atoms with E-state index in [2.05, 4.69) is 16.8 Å². The number of rotatable bonds is 0. The van der Waals surface area contributed by atoms with Gasteiger partial charge in [0, 0.05) is 6.20 Å². The first kappa shape index (κ1) is 13.1. The van der Waals surface area contributed by atoms with Crippen molar-refractivity contribution < 1.29 is 4.74 Å². The maximum Gasteiger partial charge on any atom is 0.148 e. The molecule has 1 aliphatic rings. The molecule has 0 amide bonds. The fourth-order valence-corrected chi connectivity index (χ4v) is 2.02. The first-order chi connectivity index (χ1) is 9.36. The number of ether oxygens (including phenoxy) is 1. The minimum absolute atomic E-state index is 0.672. The summed E-state index contributed by atoms with van der Waals surface area (Å²) in [5, 5.41) is 8.88. The summed E-state index contributed by atoms with van der Waals surface area (Å²) in [5.74, 6) is 1.65. The van der Waals surface area contributed by atoms with Crippen molar-refractivity contribution in [3.8, 4) is 17.6 Å². The number of aryl methyl sites for hydroxylation is 2. The molecule has 0 radical (unpaired) electrons. The summed E-state index contributed by atoms with van der Waals surface area (Å²) >= 11 is 0. The Kier molecular flexibility index (Phi) is 4.11. The van der Waals surface area contributed by atoms with Gasteiger partial charge in [-0.25, -0.2) is 0 Å². The zero-order valence-electron chi connectivity index (χ0n) is 10.8. The molecule has 2 aromatic rings. The van der Waals surface area contributed by atoms with Crippen molar-refractivity contribution in [2.24, 2.45) is 5.73 Å². The quantitative estimate of drug-likeness (QED) is 0.782. The number of benzene rings is 1. The maximum atomic E-state index is 8.88. The van der Waals surface area contributed by atoms with Crippen molar-refractivity contribution in [1.82, 2.24) is 4.98 Å². The van der Waals surface area contributed by atoms with Crippen molar-refractivity contribution >= 4 is 0 Å². The van der Waals surface area contributed by atoms with Crippen LogP contribution in [0.2, 0.25) is 0 Å². The van der Waals surface area contributed by atoms with E-state index < -0.39 is 0 Å². The highest BCUT2D eigenvalue weighted by Crippen LogP contribution is 2.32. The molecule has 1 aromatic carbocycles. The number of hydrogen-bond acceptors (Lipinski definition) is 4. The average Bonchev–Trinajstić information content (AvgIpc) is 2.67. The summed E-state index contributed by atoms with van der Waals surface area (Å²) in [6.07, 6.45) is 3.48. The number of aromatic nitrogens is 1. The molecule has 0 spiro atoms. The largest absolute Gasteiger partial charge is 0.455 e.